The van der Waals surface area contributed by atoms with E-state index in [1.54, 1.807) is 26.4 Å². The Kier molecular flexibility index (Phi) is 6.37. The van der Waals surface area contributed by atoms with Crippen molar-refractivity contribution in [3.63, 3.8) is 0 Å². The molecule has 3 aromatic heterocycles. The van der Waals surface area contributed by atoms with Crippen molar-refractivity contribution in [2.45, 2.75) is 39.5 Å². The summed E-state index contributed by atoms with van der Waals surface area (Å²) in [6, 6.07) is 11.3. The van der Waals surface area contributed by atoms with Crippen LogP contribution in [0.3, 0.4) is 0 Å². The molecule has 5 rings (SSSR count). The first-order chi connectivity index (χ1) is 17.4. The van der Waals surface area contributed by atoms with Crippen molar-refractivity contribution in [1.82, 2.24) is 24.6 Å². The minimum atomic E-state index is -0.192. The van der Waals surface area contributed by atoms with Gasteiger partial charge in [-0.05, 0) is 70.0 Å². The van der Waals surface area contributed by atoms with Crippen LogP contribution in [0.15, 0.2) is 59.6 Å². The molecule has 1 aliphatic heterocycles. The molecule has 9 heteroatoms. The van der Waals surface area contributed by atoms with E-state index in [0.717, 1.165) is 29.9 Å². The quantitative estimate of drug-likeness (QED) is 0.449. The number of nitrogens with zero attached hydrogens (tertiary/aromatic N) is 5. The molecule has 1 aliphatic rings. The topological polar surface area (TPSA) is 106 Å². The second-order valence-electron chi connectivity index (χ2n) is 9.12. The summed E-state index contributed by atoms with van der Waals surface area (Å²) in [7, 11) is 0. The van der Waals surface area contributed by atoms with Crippen molar-refractivity contribution in [3.8, 4) is 5.69 Å². The van der Waals surface area contributed by atoms with Gasteiger partial charge in [-0.15, -0.1) is 0 Å². The summed E-state index contributed by atoms with van der Waals surface area (Å²) in [5, 5.41) is 6.91. The number of imidazole rings is 1. The van der Waals surface area contributed by atoms with Gasteiger partial charge in [-0.1, -0.05) is 5.16 Å². The molecular weight excluding hydrogens is 456 g/mol. The fourth-order valence-electron chi connectivity index (χ4n) is 4.71. The summed E-state index contributed by atoms with van der Waals surface area (Å²) in [6.45, 7) is 6.63. The maximum absolute atomic E-state index is 13.3. The van der Waals surface area contributed by atoms with Gasteiger partial charge < -0.3 is 19.3 Å². The zero-order valence-corrected chi connectivity index (χ0v) is 20.6. The van der Waals surface area contributed by atoms with Gasteiger partial charge in [-0.25, -0.2) is 4.98 Å². The zero-order chi connectivity index (χ0) is 25.2. The average Bonchev–Trinajstić information content (AvgIpc) is 3.54. The van der Waals surface area contributed by atoms with E-state index in [2.05, 4.69) is 15.5 Å². The predicted octanol–water partition coefficient (Wildman–Crippen LogP) is 4.45. The number of pyridine rings is 1. The van der Waals surface area contributed by atoms with Crippen LogP contribution in [-0.4, -0.2) is 49.5 Å². The van der Waals surface area contributed by atoms with Crippen molar-refractivity contribution in [2.75, 3.05) is 18.4 Å². The summed E-state index contributed by atoms with van der Waals surface area (Å²) < 4.78 is 7.07. The van der Waals surface area contributed by atoms with E-state index in [4.69, 9.17) is 9.51 Å². The number of aryl methyl sites for hydroxylation is 3. The minimum Gasteiger partial charge on any atom is -0.361 e. The van der Waals surface area contributed by atoms with Gasteiger partial charge in [0.05, 0.1) is 23.3 Å². The maximum atomic E-state index is 13.3. The molecule has 0 unspecified atom stereocenters. The molecule has 0 saturated carbocycles. The van der Waals surface area contributed by atoms with Gasteiger partial charge >= 0.3 is 0 Å². The van der Waals surface area contributed by atoms with Crippen molar-refractivity contribution in [3.05, 3.63) is 89.1 Å². The third-order valence-corrected chi connectivity index (χ3v) is 6.65. The molecule has 0 aliphatic carbocycles. The highest BCUT2D eigenvalue weighted by Crippen LogP contribution is 2.31. The highest BCUT2D eigenvalue weighted by molar-refractivity contribution is 6.05. The molecule has 1 fully saturated rings. The highest BCUT2D eigenvalue weighted by Gasteiger charge is 2.30. The van der Waals surface area contributed by atoms with Crippen LogP contribution >= 0.6 is 0 Å². The summed E-state index contributed by atoms with van der Waals surface area (Å²) >= 11 is 0. The molecular formula is C27H28N6O3. The van der Waals surface area contributed by atoms with Gasteiger partial charge in [0.15, 0.2) is 0 Å². The van der Waals surface area contributed by atoms with Gasteiger partial charge in [-0.3, -0.25) is 14.6 Å². The number of piperidine rings is 1. The van der Waals surface area contributed by atoms with Crippen LogP contribution in [0.5, 0.6) is 0 Å². The number of amides is 2. The molecule has 1 saturated heterocycles. The highest BCUT2D eigenvalue weighted by atomic mass is 16.5. The summed E-state index contributed by atoms with van der Waals surface area (Å²) in [6.07, 6.45) is 6.77. The Balaban J connectivity index is 1.29. The van der Waals surface area contributed by atoms with E-state index in [9.17, 15) is 9.59 Å². The maximum Gasteiger partial charge on any atom is 0.259 e. The number of aromatic nitrogens is 4. The smallest absolute Gasteiger partial charge is 0.259 e. The lowest BCUT2D eigenvalue weighted by atomic mass is 9.89. The predicted molar refractivity (Wildman–Crippen MR) is 134 cm³/mol. The van der Waals surface area contributed by atoms with Crippen molar-refractivity contribution >= 4 is 17.5 Å². The molecule has 4 heterocycles. The normalized spacial score (nSPS) is 14.1. The molecule has 0 spiro atoms. The molecule has 4 aromatic rings. The first-order valence-electron chi connectivity index (χ1n) is 12.0. The van der Waals surface area contributed by atoms with Crippen LogP contribution in [0.2, 0.25) is 0 Å². The minimum absolute atomic E-state index is 0.0565. The average molecular weight is 485 g/mol. The van der Waals surface area contributed by atoms with Crippen LogP contribution in [-0.2, 0) is 0 Å². The second-order valence-corrected chi connectivity index (χ2v) is 9.12. The number of benzene rings is 1. The number of nitrogens with one attached hydrogen (secondary N) is 1. The molecule has 2 amide bonds. The third-order valence-electron chi connectivity index (χ3n) is 6.65. The fourth-order valence-corrected chi connectivity index (χ4v) is 4.71. The number of carbonyl (C=O) groups is 2. The molecule has 0 atom stereocenters. The molecule has 0 bridgehead atoms. The number of hydrogen-bond acceptors (Lipinski definition) is 6. The van der Waals surface area contributed by atoms with E-state index in [0.29, 0.717) is 41.4 Å². The van der Waals surface area contributed by atoms with Crippen LogP contribution in [0.25, 0.3) is 5.69 Å². The van der Waals surface area contributed by atoms with Gasteiger partial charge in [0.1, 0.15) is 11.3 Å². The van der Waals surface area contributed by atoms with Crippen molar-refractivity contribution in [1.29, 1.82) is 0 Å². The van der Waals surface area contributed by atoms with Gasteiger partial charge in [0.25, 0.3) is 11.8 Å². The Labute approximate surface area is 209 Å². The van der Waals surface area contributed by atoms with Crippen LogP contribution < -0.4 is 5.32 Å². The number of rotatable bonds is 5. The lowest BCUT2D eigenvalue weighted by molar-refractivity contribution is 0.0708. The SMILES string of the molecule is Cc1ccc(C(=O)Nc2ccc(-n3ccnc3)cc2)c(C2CCN(C(=O)c3c(C)noc3C)CC2)n1. The van der Waals surface area contributed by atoms with Gasteiger partial charge in [-0.2, -0.15) is 0 Å². The molecule has 36 heavy (non-hydrogen) atoms. The number of likely N-dealkylation sites (tertiary alicyclic amines) is 1. The van der Waals surface area contributed by atoms with Crippen LogP contribution in [0.4, 0.5) is 5.69 Å². The van der Waals surface area contributed by atoms with Crippen molar-refractivity contribution < 1.29 is 14.1 Å². The molecule has 1 N–H and O–H groups in total. The molecule has 0 radical (unpaired) electrons. The zero-order valence-electron chi connectivity index (χ0n) is 20.6. The van der Waals surface area contributed by atoms with E-state index < -0.39 is 0 Å². The summed E-state index contributed by atoms with van der Waals surface area (Å²) in [5.74, 6) is 0.376. The van der Waals surface area contributed by atoms with E-state index in [-0.39, 0.29) is 17.7 Å². The Morgan fingerprint density at radius 3 is 2.42 bits per heavy atom. The fraction of sp³-hybridized carbons (Fsp3) is 0.296. The lowest BCUT2D eigenvalue weighted by Crippen LogP contribution is -2.38. The monoisotopic (exact) mass is 484 g/mol. The molecule has 9 nitrogen and oxygen atoms in total. The Hall–Kier alpha value is -4.27. The number of hydrogen-bond donors (Lipinski definition) is 1. The summed E-state index contributed by atoms with van der Waals surface area (Å²) in [5.41, 5.74) is 5.02. The summed E-state index contributed by atoms with van der Waals surface area (Å²) in [4.78, 5) is 36.9. The van der Waals surface area contributed by atoms with E-state index >= 15 is 0 Å². The van der Waals surface area contributed by atoms with E-state index in [1.807, 2.05) is 59.0 Å². The van der Waals surface area contributed by atoms with Crippen LogP contribution in [0.1, 0.15) is 62.3 Å². The number of anilines is 1. The van der Waals surface area contributed by atoms with E-state index in [1.165, 1.54) is 0 Å². The second kappa shape index (κ2) is 9.77. The molecule has 1 aromatic carbocycles. The largest absolute Gasteiger partial charge is 0.361 e. The standard InChI is InChI=1S/C27H28N6O3/c1-17-4-9-23(26(34)30-21-5-7-22(8-6-21)33-15-12-28-16-33)25(29-17)20-10-13-32(14-11-20)27(35)24-18(2)31-36-19(24)3/h4-9,12,15-16,20H,10-11,13-14H2,1-3H3,(H,30,34). The first-order valence-corrected chi connectivity index (χ1v) is 12.0. The Morgan fingerprint density at radius 1 is 1.03 bits per heavy atom. The van der Waals surface area contributed by atoms with Crippen molar-refractivity contribution in [2.24, 2.45) is 0 Å². The lowest BCUT2D eigenvalue weighted by Gasteiger charge is -2.32. The Morgan fingerprint density at radius 2 is 1.78 bits per heavy atom. The number of carbonyl (C=O) groups excluding carboxylic acids is 2. The van der Waals surface area contributed by atoms with Gasteiger partial charge in [0, 0.05) is 48.5 Å². The van der Waals surface area contributed by atoms with Gasteiger partial charge in [0.2, 0.25) is 0 Å². The Bertz CT molecular complexity index is 1360. The first kappa shape index (κ1) is 23.5. The van der Waals surface area contributed by atoms with Crippen LogP contribution in [0, 0.1) is 20.8 Å². The third kappa shape index (κ3) is 4.64. The molecule has 184 valence electrons.